The van der Waals surface area contributed by atoms with Crippen LogP contribution in [0.4, 0.5) is 5.69 Å². The highest BCUT2D eigenvalue weighted by Gasteiger charge is 2.44. The summed E-state index contributed by atoms with van der Waals surface area (Å²) in [6, 6.07) is 9.99. The third-order valence-electron chi connectivity index (χ3n) is 5.20. The standard InChI is InChI=1S/C18H20N2O2/c1-19-9-7-18(8-10-19)13-20(14-6-11-22-12-14)17(21)15-4-2-3-5-16(15)18/h2-6,11-12H,7-10,13H2,1H3. The Balaban J connectivity index is 1.81. The highest BCUT2D eigenvalue weighted by molar-refractivity contribution is 6.08. The van der Waals surface area contributed by atoms with Crippen molar-refractivity contribution in [2.45, 2.75) is 18.3 Å². The number of amides is 1. The molecule has 0 unspecified atom stereocenters. The second-order valence-corrected chi connectivity index (χ2v) is 6.50. The lowest BCUT2D eigenvalue weighted by atomic mass is 9.68. The molecule has 2 aromatic rings. The summed E-state index contributed by atoms with van der Waals surface area (Å²) in [6.45, 7) is 2.89. The number of nitrogens with zero attached hydrogens (tertiary/aromatic N) is 2. The van der Waals surface area contributed by atoms with Gasteiger partial charge in [0.05, 0.1) is 12.0 Å². The van der Waals surface area contributed by atoms with Crippen molar-refractivity contribution >= 4 is 11.6 Å². The number of hydrogen-bond donors (Lipinski definition) is 0. The van der Waals surface area contributed by atoms with Gasteiger partial charge >= 0.3 is 0 Å². The van der Waals surface area contributed by atoms with Crippen molar-refractivity contribution in [3.8, 4) is 0 Å². The van der Waals surface area contributed by atoms with Crippen LogP contribution in [0.1, 0.15) is 28.8 Å². The van der Waals surface area contributed by atoms with Gasteiger partial charge in [-0.2, -0.15) is 0 Å². The number of likely N-dealkylation sites (tertiary alicyclic amines) is 1. The Morgan fingerprint density at radius 2 is 1.91 bits per heavy atom. The number of benzene rings is 1. The van der Waals surface area contributed by atoms with Crippen molar-refractivity contribution in [3.05, 3.63) is 54.0 Å². The van der Waals surface area contributed by atoms with E-state index in [2.05, 4.69) is 24.1 Å². The van der Waals surface area contributed by atoms with Gasteiger partial charge in [-0.25, -0.2) is 0 Å². The molecule has 0 aliphatic carbocycles. The lowest BCUT2D eigenvalue weighted by molar-refractivity contribution is 0.0944. The Kier molecular flexibility index (Phi) is 3.08. The summed E-state index contributed by atoms with van der Waals surface area (Å²) in [6.07, 6.45) is 5.46. The molecule has 0 atom stereocenters. The summed E-state index contributed by atoms with van der Waals surface area (Å²) in [4.78, 5) is 17.1. The average molecular weight is 296 g/mol. The summed E-state index contributed by atoms with van der Waals surface area (Å²) in [7, 11) is 2.17. The van der Waals surface area contributed by atoms with Gasteiger partial charge in [0.2, 0.25) is 0 Å². The van der Waals surface area contributed by atoms with Gasteiger partial charge < -0.3 is 14.2 Å². The van der Waals surface area contributed by atoms with E-state index in [-0.39, 0.29) is 11.3 Å². The van der Waals surface area contributed by atoms with Crippen LogP contribution in [-0.4, -0.2) is 37.5 Å². The third-order valence-corrected chi connectivity index (χ3v) is 5.20. The van der Waals surface area contributed by atoms with Gasteiger partial charge in [0.1, 0.15) is 6.26 Å². The van der Waals surface area contributed by atoms with Gasteiger partial charge in [0.25, 0.3) is 5.91 Å². The zero-order valence-corrected chi connectivity index (χ0v) is 12.8. The molecule has 4 heteroatoms. The van der Waals surface area contributed by atoms with E-state index in [0.29, 0.717) is 0 Å². The van der Waals surface area contributed by atoms with E-state index in [0.717, 1.165) is 43.7 Å². The number of anilines is 1. The van der Waals surface area contributed by atoms with Gasteiger partial charge in [-0.15, -0.1) is 0 Å². The number of hydrogen-bond acceptors (Lipinski definition) is 3. The molecule has 4 nitrogen and oxygen atoms in total. The molecule has 1 aromatic carbocycles. The fourth-order valence-corrected chi connectivity index (χ4v) is 3.83. The number of piperidine rings is 1. The van der Waals surface area contributed by atoms with Crippen LogP contribution >= 0.6 is 0 Å². The van der Waals surface area contributed by atoms with Crippen molar-refractivity contribution in [1.82, 2.24) is 4.90 Å². The van der Waals surface area contributed by atoms with E-state index in [1.165, 1.54) is 5.56 Å². The number of furan rings is 1. The first-order valence-electron chi connectivity index (χ1n) is 7.82. The largest absolute Gasteiger partial charge is 0.470 e. The lowest BCUT2D eigenvalue weighted by Crippen LogP contribution is -2.54. The number of rotatable bonds is 1. The maximum Gasteiger partial charge on any atom is 0.258 e. The molecule has 1 amide bonds. The molecule has 4 rings (SSSR count). The monoisotopic (exact) mass is 296 g/mol. The molecule has 0 bridgehead atoms. The molecule has 1 fully saturated rings. The normalized spacial score (nSPS) is 21.1. The number of carbonyl (C=O) groups excluding carboxylic acids is 1. The van der Waals surface area contributed by atoms with Crippen LogP contribution in [0.2, 0.25) is 0 Å². The van der Waals surface area contributed by atoms with Crippen LogP contribution in [0.5, 0.6) is 0 Å². The smallest absolute Gasteiger partial charge is 0.258 e. The fraction of sp³-hybridized carbons (Fsp3) is 0.389. The van der Waals surface area contributed by atoms with Crippen LogP contribution in [0, 0.1) is 0 Å². The molecule has 22 heavy (non-hydrogen) atoms. The highest BCUT2D eigenvalue weighted by Crippen LogP contribution is 2.42. The highest BCUT2D eigenvalue weighted by atomic mass is 16.3. The maximum atomic E-state index is 12.9. The number of fused-ring (bicyclic) bond motifs is 2. The quantitative estimate of drug-likeness (QED) is 0.812. The van der Waals surface area contributed by atoms with Gasteiger partial charge in [0.15, 0.2) is 0 Å². The zero-order valence-electron chi connectivity index (χ0n) is 12.8. The van der Waals surface area contributed by atoms with E-state index < -0.39 is 0 Å². The molecule has 1 spiro atoms. The fourth-order valence-electron chi connectivity index (χ4n) is 3.83. The average Bonchev–Trinajstić information content (AvgIpc) is 3.08. The van der Waals surface area contributed by atoms with Crippen LogP contribution in [0.15, 0.2) is 47.3 Å². The molecule has 2 aliphatic rings. The SMILES string of the molecule is CN1CCC2(CC1)CN(c1ccoc1)C(=O)c1ccccc12. The summed E-state index contributed by atoms with van der Waals surface area (Å²) in [5.41, 5.74) is 3.00. The van der Waals surface area contributed by atoms with Crippen LogP contribution in [-0.2, 0) is 5.41 Å². The first kappa shape index (κ1) is 13.6. The predicted octanol–water partition coefficient (Wildman–Crippen LogP) is 2.90. The summed E-state index contributed by atoms with van der Waals surface area (Å²) in [5, 5.41) is 0. The van der Waals surface area contributed by atoms with Crippen molar-refractivity contribution in [2.75, 3.05) is 31.6 Å². The Morgan fingerprint density at radius 1 is 1.14 bits per heavy atom. The van der Waals surface area contributed by atoms with Crippen molar-refractivity contribution in [2.24, 2.45) is 0 Å². The minimum absolute atomic E-state index is 0.0638. The van der Waals surface area contributed by atoms with Gasteiger partial charge in [0, 0.05) is 23.6 Å². The maximum absolute atomic E-state index is 12.9. The Hall–Kier alpha value is -2.07. The Labute approximate surface area is 130 Å². The molecule has 2 aliphatic heterocycles. The van der Waals surface area contributed by atoms with Crippen LogP contribution < -0.4 is 4.90 Å². The van der Waals surface area contributed by atoms with E-state index in [1.807, 2.05) is 23.1 Å². The molecular weight excluding hydrogens is 276 g/mol. The Bertz CT molecular complexity index is 685. The van der Waals surface area contributed by atoms with Crippen molar-refractivity contribution < 1.29 is 9.21 Å². The molecule has 3 heterocycles. The topological polar surface area (TPSA) is 36.7 Å². The van der Waals surface area contributed by atoms with Gasteiger partial charge in [-0.05, 0) is 44.6 Å². The summed E-state index contributed by atoms with van der Waals surface area (Å²) in [5.74, 6) is 0.0848. The molecule has 1 aromatic heterocycles. The van der Waals surface area contributed by atoms with E-state index in [9.17, 15) is 4.79 Å². The van der Waals surface area contributed by atoms with Gasteiger partial charge in [-0.1, -0.05) is 18.2 Å². The molecule has 0 N–H and O–H groups in total. The molecule has 114 valence electrons. The summed E-state index contributed by atoms with van der Waals surface area (Å²) < 4.78 is 5.19. The molecule has 1 saturated heterocycles. The van der Waals surface area contributed by atoms with Crippen LogP contribution in [0.3, 0.4) is 0 Å². The second-order valence-electron chi connectivity index (χ2n) is 6.50. The first-order chi connectivity index (χ1) is 10.7. The minimum atomic E-state index is 0.0638. The lowest BCUT2D eigenvalue weighted by Gasteiger charge is -2.47. The predicted molar refractivity (Wildman–Crippen MR) is 85.2 cm³/mol. The molecule has 0 radical (unpaired) electrons. The van der Waals surface area contributed by atoms with E-state index in [1.54, 1.807) is 12.5 Å². The summed E-state index contributed by atoms with van der Waals surface area (Å²) >= 11 is 0. The second kappa shape index (κ2) is 4.99. The molecular formula is C18H20N2O2. The van der Waals surface area contributed by atoms with Crippen LogP contribution in [0.25, 0.3) is 0 Å². The minimum Gasteiger partial charge on any atom is -0.470 e. The van der Waals surface area contributed by atoms with E-state index >= 15 is 0 Å². The van der Waals surface area contributed by atoms with E-state index in [4.69, 9.17) is 4.42 Å². The number of carbonyl (C=O) groups is 1. The molecule has 0 saturated carbocycles. The first-order valence-corrected chi connectivity index (χ1v) is 7.82. The van der Waals surface area contributed by atoms with Gasteiger partial charge in [-0.3, -0.25) is 4.79 Å². The zero-order chi connectivity index (χ0) is 15.2. The van der Waals surface area contributed by atoms with Crippen molar-refractivity contribution in [1.29, 1.82) is 0 Å². The van der Waals surface area contributed by atoms with Crippen molar-refractivity contribution in [3.63, 3.8) is 0 Å². The third kappa shape index (κ3) is 1.98. The Morgan fingerprint density at radius 3 is 2.64 bits per heavy atom.